The van der Waals surface area contributed by atoms with Crippen molar-refractivity contribution in [2.75, 3.05) is 13.7 Å². The van der Waals surface area contributed by atoms with Gasteiger partial charge in [-0.3, -0.25) is 9.59 Å². The number of nitrogens with one attached hydrogen (secondary N) is 1. The number of Topliss-reactive ketones (excluding diaryl/α,β-unsaturated/α-hetero) is 1. The van der Waals surface area contributed by atoms with E-state index in [9.17, 15) is 9.59 Å². The fraction of sp³-hybridized carbons (Fsp3) is 0.333. The van der Waals surface area contributed by atoms with Gasteiger partial charge >= 0.3 is 0 Å². The van der Waals surface area contributed by atoms with Crippen LogP contribution in [0.3, 0.4) is 0 Å². The number of aryl methyl sites for hydroxylation is 1. The van der Waals surface area contributed by atoms with E-state index < -0.39 is 0 Å². The Kier molecular flexibility index (Phi) is 7.21. The number of carbonyl (C=O) groups excluding carboxylic acids is 2. The maximum absolute atomic E-state index is 12.1. The minimum Gasteiger partial charge on any atom is -0.493 e. The molecule has 26 heavy (non-hydrogen) atoms. The smallest absolute Gasteiger partial charge is 0.258 e. The second-order valence-corrected chi connectivity index (χ2v) is 6.20. The van der Waals surface area contributed by atoms with E-state index in [0.29, 0.717) is 17.1 Å². The highest BCUT2D eigenvalue weighted by atomic mass is 16.5. The minimum atomic E-state index is -0.191. The summed E-state index contributed by atoms with van der Waals surface area (Å²) < 4.78 is 10.8. The Hall–Kier alpha value is -2.82. The lowest BCUT2D eigenvalue weighted by Gasteiger charge is -2.15. The van der Waals surface area contributed by atoms with E-state index in [2.05, 4.69) is 17.4 Å². The van der Waals surface area contributed by atoms with Gasteiger partial charge in [-0.1, -0.05) is 30.3 Å². The highest BCUT2D eigenvalue weighted by Crippen LogP contribution is 2.28. The van der Waals surface area contributed by atoms with Gasteiger partial charge in [-0.2, -0.15) is 0 Å². The molecule has 0 bridgehead atoms. The Bertz CT molecular complexity index is 743. The number of methoxy groups -OCH3 is 1. The topological polar surface area (TPSA) is 64.6 Å². The Labute approximate surface area is 154 Å². The van der Waals surface area contributed by atoms with Crippen molar-refractivity contribution in [1.82, 2.24) is 5.32 Å². The van der Waals surface area contributed by atoms with E-state index in [1.54, 1.807) is 18.2 Å². The molecule has 5 heteroatoms. The predicted molar refractivity (Wildman–Crippen MR) is 101 cm³/mol. The fourth-order valence-electron chi connectivity index (χ4n) is 2.57. The molecule has 2 aromatic carbocycles. The molecule has 0 radical (unpaired) electrons. The summed E-state index contributed by atoms with van der Waals surface area (Å²) in [6.45, 7) is 3.36. The summed E-state index contributed by atoms with van der Waals surface area (Å²) in [4.78, 5) is 23.5. The zero-order chi connectivity index (χ0) is 18.9. The summed E-state index contributed by atoms with van der Waals surface area (Å²) in [5, 5.41) is 2.93. The molecule has 1 amide bonds. The quantitative estimate of drug-likeness (QED) is 0.700. The third-order valence-corrected chi connectivity index (χ3v) is 4.05. The predicted octanol–water partition coefficient (Wildman–Crippen LogP) is 3.41. The molecule has 2 aromatic rings. The van der Waals surface area contributed by atoms with Gasteiger partial charge in [-0.25, -0.2) is 0 Å². The van der Waals surface area contributed by atoms with Crippen LogP contribution >= 0.6 is 0 Å². The highest BCUT2D eigenvalue weighted by Gasteiger charge is 2.12. The molecule has 0 saturated heterocycles. The molecule has 0 saturated carbocycles. The highest BCUT2D eigenvalue weighted by molar-refractivity contribution is 5.94. The average molecular weight is 355 g/mol. The van der Waals surface area contributed by atoms with Gasteiger partial charge in [-0.15, -0.1) is 0 Å². The largest absolute Gasteiger partial charge is 0.493 e. The van der Waals surface area contributed by atoms with Crippen LogP contribution in [0, 0.1) is 0 Å². The number of hydrogen-bond donors (Lipinski definition) is 1. The van der Waals surface area contributed by atoms with Crippen LogP contribution in [0.1, 0.15) is 36.2 Å². The van der Waals surface area contributed by atoms with Crippen LogP contribution < -0.4 is 14.8 Å². The summed E-state index contributed by atoms with van der Waals surface area (Å²) in [7, 11) is 1.50. The van der Waals surface area contributed by atoms with Crippen LogP contribution in [0.2, 0.25) is 0 Å². The molecule has 2 rings (SSSR count). The van der Waals surface area contributed by atoms with Gasteiger partial charge in [0.2, 0.25) is 0 Å². The first-order chi connectivity index (χ1) is 12.5. The zero-order valence-corrected chi connectivity index (χ0v) is 15.5. The monoisotopic (exact) mass is 355 g/mol. The molecule has 0 fully saturated rings. The second-order valence-electron chi connectivity index (χ2n) is 6.20. The molecule has 5 nitrogen and oxygen atoms in total. The first kappa shape index (κ1) is 19.5. The van der Waals surface area contributed by atoms with Crippen molar-refractivity contribution in [1.29, 1.82) is 0 Å². The number of ether oxygens (including phenoxy) is 2. The average Bonchev–Trinajstić information content (AvgIpc) is 2.65. The third kappa shape index (κ3) is 5.92. The molecule has 1 N–H and O–H groups in total. The van der Waals surface area contributed by atoms with Gasteiger partial charge in [0.1, 0.15) is 0 Å². The fourth-order valence-corrected chi connectivity index (χ4v) is 2.57. The molecule has 1 atom stereocenters. The lowest BCUT2D eigenvalue weighted by Crippen LogP contribution is -2.36. The molecule has 0 spiro atoms. The molecular formula is C21H25NO4. The van der Waals surface area contributed by atoms with Gasteiger partial charge in [0.05, 0.1) is 7.11 Å². The Morgan fingerprint density at radius 2 is 1.81 bits per heavy atom. The van der Waals surface area contributed by atoms with E-state index in [1.165, 1.54) is 19.6 Å². The number of benzene rings is 2. The summed E-state index contributed by atoms with van der Waals surface area (Å²) in [5.41, 5.74) is 1.79. The number of rotatable bonds is 9. The normalized spacial score (nSPS) is 11.5. The zero-order valence-electron chi connectivity index (χ0n) is 15.5. The summed E-state index contributed by atoms with van der Waals surface area (Å²) in [6, 6.07) is 15.1. The van der Waals surface area contributed by atoms with Gasteiger partial charge in [0, 0.05) is 11.6 Å². The lowest BCUT2D eigenvalue weighted by molar-refractivity contribution is -0.123. The SMILES string of the molecule is COc1cc(C(C)=O)ccc1OCC(=O)N[C@H](C)CCc1ccccc1. The van der Waals surface area contributed by atoms with E-state index >= 15 is 0 Å². The van der Waals surface area contributed by atoms with Crippen molar-refractivity contribution < 1.29 is 19.1 Å². The molecule has 0 aliphatic carbocycles. The van der Waals surface area contributed by atoms with Gasteiger partial charge in [0.25, 0.3) is 5.91 Å². The van der Waals surface area contributed by atoms with E-state index in [0.717, 1.165) is 12.8 Å². The van der Waals surface area contributed by atoms with Crippen molar-refractivity contribution in [3.05, 3.63) is 59.7 Å². The van der Waals surface area contributed by atoms with E-state index in [-0.39, 0.29) is 24.3 Å². The number of ketones is 1. The van der Waals surface area contributed by atoms with Crippen molar-refractivity contribution in [2.24, 2.45) is 0 Å². The third-order valence-electron chi connectivity index (χ3n) is 4.05. The van der Waals surface area contributed by atoms with Crippen LogP contribution in [0.25, 0.3) is 0 Å². The maximum Gasteiger partial charge on any atom is 0.258 e. The Balaban J connectivity index is 1.81. The van der Waals surface area contributed by atoms with Crippen molar-refractivity contribution >= 4 is 11.7 Å². The van der Waals surface area contributed by atoms with E-state index in [1.807, 2.05) is 25.1 Å². The minimum absolute atomic E-state index is 0.0493. The van der Waals surface area contributed by atoms with Gasteiger partial charge in [0.15, 0.2) is 23.9 Å². The standard InChI is InChI=1S/C21H25NO4/c1-15(9-10-17-7-5-4-6-8-17)22-21(24)14-26-19-12-11-18(16(2)23)13-20(19)25-3/h4-8,11-13,15H,9-10,14H2,1-3H3,(H,22,24)/t15-/m1/s1. The summed E-state index contributed by atoms with van der Waals surface area (Å²) in [5.74, 6) is 0.621. The van der Waals surface area contributed by atoms with Crippen LogP contribution in [0.15, 0.2) is 48.5 Å². The molecular weight excluding hydrogens is 330 g/mol. The Morgan fingerprint density at radius 1 is 1.08 bits per heavy atom. The van der Waals surface area contributed by atoms with Crippen LogP contribution in [-0.4, -0.2) is 31.4 Å². The second kappa shape index (κ2) is 9.61. The number of hydrogen-bond acceptors (Lipinski definition) is 4. The van der Waals surface area contributed by atoms with Crippen LogP contribution in [0.5, 0.6) is 11.5 Å². The van der Waals surface area contributed by atoms with Crippen molar-refractivity contribution in [3.8, 4) is 11.5 Å². The van der Waals surface area contributed by atoms with Gasteiger partial charge < -0.3 is 14.8 Å². The Morgan fingerprint density at radius 3 is 2.46 bits per heavy atom. The first-order valence-corrected chi connectivity index (χ1v) is 8.64. The summed E-state index contributed by atoms with van der Waals surface area (Å²) >= 11 is 0. The first-order valence-electron chi connectivity index (χ1n) is 8.64. The number of carbonyl (C=O) groups is 2. The van der Waals surface area contributed by atoms with Crippen LogP contribution in [0.4, 0.5) is 0 Å². The molecule has 0 aromatic heterocycles. The summed E-state index contributed by atoms with van der Waals surface area (Å²) in [6.07, 6.45) is 1.76. The number of amides is 1. The molecule has 0 aliphatic rings. The maximum atomic E-state index is 12.1. The molecule has 0 heterocycles. The molecule has 0 unspecified atom stereocenters. The molecule has 0 aliphatic heterocycles. The van der Waals surface area contributed by atoms with E-state index in [4.69, 9.17) is 9.47 Å². The van der Waals surface area contributed by atoms with Crippen molar-refractivity contribution in [3.63, 3.8) is 0 Å². The van der Waals surface area contributed by atoms with Crippen LogP contribution in [-0.2, 0) is 11.2 Å². The van der Waals surface area contributed by atoms with Crippen molar-refractivity contribution in [2.45, 2.75) is 32.7 Å². The van der Waals surface area contributed by atoms with Gasteiger partial charge in [-0.05, 0) is 50.5 Å². The molecule has 138 valence electrons. The lowest BCUT2D eigenvalue weighted by atomic mass is 10.1.